The van der Waals surface area contributed by atoms with Crippen molar-refractivity contribution in [3.63, 3.8) is 0 Å². The molecular weight excluding hydrogens is 216 g/mol. The zero-order valence-electron chi connectivity index (χ0n) is 11.0. The highest BCUT2D eigenvalue weighted by atomic mass is 16.5. The maximum absolute atomic E-state index is 5.59. The van der Waals surface area contributed by atoms with Gasteiger partial charge in [-0.25, -0.2) is 0 Å². The van der Waals surface area contributed by atoms with Crippen molar-refractivity contribution in [1.29, 1.82) is 0 Å². The van der Waals surface area contributed by atoms with Crippen molar-refractivity contribution in [2.24, 2.45) is 5.84 Å². The fourth-order valence-corrected chi connectivity index (χ4v) is 1.68. The molecule has 1 aromatic rings. The van der Waals surface area contributed by atoms with Gasteiger partial charge in [0.15, 0.2) is 0 Å². The van der Waals surface area contributed by atoms with Crippen LogP contribution in [0.25, 0.3) is 0 Å². The third-order valence-electron chi connectivity index (χ3n) is 2.65. The van der Waals surface area contributed by atoms with Gasteiger partial charge in [-0.2, -0.15) is 0 Å². The lowest BCUT2D eigenvalue weighted by atomic mass is 10.0. The number of hydrogen-bond acceptors (Lipinski definition) is 4. The van der Waals surface area contributed by atoms with Crippen molar-refractivity contribution in [3.05, 3.63) is 29.3 Å². The van der Waals surface area contributed by atoms with E-state index in [1.54, 1.807) is 7.11 Å². The Morgan fingerprint density at radius 1 is 1.35 bits per heavy atom. The first-order chi connectivity index (χ1) is 8.08. The lowest BCUT2D eigenvalue weighted by Crippen LogP contribution is -2.32. The van der Waals surface area contributed by atoms with Crippen molar-refractivity contribution >= 4 is 0 Å². The van der Waals surface area contributed by atoms with Gasteiger partial charge in [-0.05, 0) is 44.0 Å². The van der Waals surface area contributed by atoms with E-state index in [0.29, 0.717) is 6.61 Å². The smallest absolute Gasteiger partial charge is 0.119 e. The molecule has 0 heterocycles. The molecule has 1 rings (SSSR count). The van der Waals surface area contributed by atoms with E-state index in [4.69, 9.17) is 15.3 Å². The summed E-state index contributed by atoms with van der Waals surface area (Å²) < 4.78 is 10.8. The van der Waals surface area contributed by atoms with Gasteiger partial charge in [0.1, 0.15) is 5.75 Å². The summed E-state index contributed by atoms with van der Waals surface area (Å²) in [5.74, 6) is 6.42. The monoisotopic (exact) mass is 238 g/mol. The van der Waals surface area contributed by atoms with Crippen LogP contribution in [0.4, 0.5) is 0 Å². The first-order valence-electron chi connectivity index (χ1n) is 5.80. The number of nitrogens with two attached hydrogens (primary N) is 1. The van der Waals surface area contributed by atoms with Gasteiger partial charge in [0.05, 0.1) is 25.9 Å². The average molecular weight is 238 g/mol. The third kappa shape index (κ3) is 4.00. The van der Waals surface area contributed by atoms with Gasteiger partial charge in [-0.3, -0.25) is 11.3 Å². The number of hydrogen-bond donors (Lipinski definition) is 2. The number of hydrazine groups is 1. The molecule has 0 aromatic heterocycles. The third-order valence-corrected chi connectivity index (χ3v) is 2.65. The summed E-state index contributed by atoms with van der Waals surface area (Å²) in [6.45, 7) is 6.61. The largest absolute Gasteiger partial charge is 0.497 e. The van der Waals surface area contributed by atoms with Crippen LogP contribution < -0.4 is 16.0 Å². The summed E-state index contributed by atoms with van der Waals surface area (Å²) in [4.78, 5) is 0. The molecule has 4 nitrogen and oxygen atoms in total. The predicted octanol–water partition coefficient (Wildman–Crippen LogP) is 1.93. The quantitative estimate of drug-likeness (QED) is 0.587. The molecule has 1 atom stereocenters. The highest BCUT2D eigenvalue weighted by Gasteiger charge is 2.13. The maximum atomic E-state index is 5.59. The van der Waals surface area contributed by atoms with E-state index < -0.39 is 0 Å². The average Bonchev–Trinajstić information content (AvgIpc) is 2.31. The topological polar surface area (TPSA) is 56.5 Å². The maximum Gasteiger partial charge on any atom is 0.119 e. The van der Waals surface area contributed by atoms with Gasteiger partial charge in [0, 0.05) is 0 Å². The normalized spacial score (nSPS) is 12.8. The molecule has 0 spiro atoms. The Morgan fingerprint density at radius 2 is 2.06 bits per heavy atom. The standard InChI is InChI=1S/C13H22N2O2/c1-9(2)17-8-13(15-14)12-6-5-11(16-4)7-10(12)3/h5-7,9,13,15H,8,14H2,1-4H3. The molecule has 0 radical (unpaired) electrons. The molecule has 0 aliphatic carbocycles. The summed E-state index contributed by atoms with van der Waals surface area (Å²) in [5, 5.41) is 0. The van der Waals surface area contributed by atoms with E-state index in [1.807, 2.05) is 39.0 Å². The molecule has 4 heteroatoms. The molecule has 0 saturated heterocycles. The van der Waals surface area contributed by atoms with Crippen molar-refractivity contribution in [2.75, 3.05) is 13.7 Å². The van der Waals surface area contributed by atoms with Crippen molar-refractivity contribution < 1.29 is 9.47 Å². The van der Waals surface area contributed by atoms with Crippen LogP contribution in [0.5, 0.6) is 5.75 Å². The summed E-state index contributed by atoms with van der Waals surface area (Å²) in [6.07, 6.45) is 0.199. The first kappa shape index (κ1) is 14.0. The SMILES string of the molecule is COc1ccc(C(COC(C)C)NN)c(C)c1. The van der Waals surface area contributed by atoms with Gasteiger partial charge in [0.25, 0.3) is 0 Å². The Morgan fingerprint density at radius 3 is 2.53 bits per heavy atom. The van der Waals surface area contributed by atoms with Crippen LogP contribution in [0.1, 0.15) is 31.0 Å². The number of ether oxygens (including phenoxy) is 2. The van der Waals surface area contributed by atoms with Crippen LogP contribution >= 0.6 is 0 Å². The van der Waals surface area contributed by atoms with E-state index in [2.05, 4.69) is 5.43 Å². The molecule has 0 amide bonds. The number of methoxy groups -OCH3 is 1. The molecule has 3 N–H and O–H groups in total. The molecule has 0 bridgehead atoms. The van der Waals surface area contributed by atoms with Crippen LogP contribution in [0.3, 0.4) is 0 Å². The van der Waals surface area contributed by atoms with Gasteiger partial charge in [-0.15, -0.1) is 0 Å². The Balaban J connectivity index is 2.80. The Bertz CT molecular complexity index is 353. The van der Waals surface area contributed by atoms with Gasteiger partial charge < -0.3 is 9.47 Å². The summed E-state index contributed by atoms with van der Waals surface area (Å²) in [7, 11) is 1.66. The summed E-state index contributed by atoms with van der Waals surface area (Å²) >= 11 is 0. The van der Waals surface area contributed by atoms with Crippen LogP contribution in [-0.4, -0.2) is 19.8 Å². The number of nitrogens with one attached hydrogen (secondary N) is 1. The molecule has 96 valence electrons. The second-order valence-corrected chi connectivity index (χ2v) is 4.32. The second kappa shape index (κ2) is 6.59. The Kier molecular flexibility index (Phi) is 5.41. The molecule has 0 fully saturated rings. The minimum Gasteiger partial charge on any atom is -0.497 e. The predicted molar refractivity (Wildman–Crippen MR) is 68.9 cm³/mol. The molecule has 0 aliphatic heterocycles. The second-order valence-electron chi connectivity index (χ2n) is 4.32. The minimum absolute atomic E-state index is 0.00306. The van der Waals surface area contributed by atoms with E-state index in [1.165, 1.54) is 0 Å². The zero-order valence-corrected chi connectivity index (χ0v) is 11.0. The van der Waals surface area contributed by atoms with E-state index >= 15 is 0 Å². The van der Waals surface area contributed by atoms with E-state index in [0.717, 1.165) is 16.9 Å². The fourth-order valence-electron chi connectivity index (χ4n) is 1.68. The fraction of sp³-hybridized carbons (Fsp3) is 0.538. The molecular formula is C13H22N2O2. The van der Waals surface area contributed by atoms with E-state index in [9.17, 15) is 0 Å². The first-order valence-corrected chi connectivity index (χ1v) is 5.80. The lowest BCUT2D eigenvalue weighted by Gasteiger charge is -2.20. The minimum atomic E-state index is 0.00306. The van der Waals surface area contributed by atoms with E-state index in [-0.39, 0.29) is 12.1 Å². The molecule has 0 aliphatic rings. The number of benzene rings is 1. The Hall–Kier alpha value is -1.10. The molecule has 1 unspecified atom stereocenters. The van der Waals surface area contributed by atoms with Gasteiger partial charge in [-0.1, -0.05) is 6.07 Å². The van der Waals surface area contributed by atoms with Crippen LogP contribution in [0.15, 0.2) is 18.2 Å². The highest BCUT2D eigenvalue weighted by molar-refractivity contribution is 5.36. The molecule has 17 heavy (non-hydrogen) atoms. The number of aryl methyl sites for hydroxylation is 1. The van der Waals surface area contributed by atoms with Crippen LogP contribution in [-0.2, 0) is 4.74 Å². The highest BCUT2D eigenvalue weighted by Crippen LogP contribution is 2.22. The summed E-state index contributed by atoms with van der Waals surface area (Å²) in [5.41, 5.74) is 5.06. The zero-order chi connectivity index (χ0) is 12.8. The van der Waals surface area contributed by atoms with Gasteiger partial charge in [0.2, 0.25) is 0 Å². The van der Waals surface area contributed by atoms with Gasteiger partial charge >= 0.3 is 0 Å². The van der Waals surface area contributed by atoms with Crippen molar-refractivity contribution in [2.45, 2.75) is 32.9 Å². The Labute approximate surface area is 103 Å². The van der Waals surface area contributed by atoms with Crippen molar-refractivity contribution in [3.8, 4) is 5.75 Å². The lowest BCUT2D eigenvalue weighted by molar-refractivity contribution is 0.0610. The van der Waals surface area contributed by atoms with Crippen LogP contribution in [0, 0.1) is 6.92 Å². The summed E-state index contributed by atoms with van der Waals surface area (Å²) in [6, 6.07) is 5.95. The molecule has 0 saturated carbocycles. The molecule has 1 aromatic carbocycles. The van der Waals surface area contributed by atoms with Crippen molar-refractivity contribution in [1.82, 2.24) is 5.43 Å². The van der Waals surface area contributed by atoms with Crippen LogP contribution in [0.2, 0.25) is 0 Å². The number of rotatable bonds is 6.